The molecule has 0 aliphatic heterocycles. The van der Waals surface area contributed by atoms with E-state index in [1.54, 1.807) is 43.0 Å². The first kappa shape index (κ1) is 21.5. The summed E-state index contributed by atoms with van der Waals surface area (Å²) in [6.45, 7) is 1.56. The van der Waals surface area contributed by atoms with Gasteiger partial charge in [0.15, 0.2) is 0 Å². The zero-order chi connectivity index (χ0) is 20.5. The van der Waals surface area contributed by atoms with E-state index >= 15 is 0 Å². The van der Waals surface area contributed by atoms with Crippen LogP contribution in [0.15, 0.2) is 48.5 Å². The second kappa shape index (κ2) is 10.5. The summed E-state index contributed by atoms with van der Waals surface area (Å²) in [5, 5.41) is 11.2. The lowest BCUT2D eigenvalue weighted by Crippen LogP contribution is -2.54. The first-order chi connectivity index (χ1) is 13.4. The monoisotopic (exact) mass is 397 g/mol. The number of carbonyl (C=O) groups is 2. The van der Waals surface area contributed by atoms with E-state index in [4.69, 9.17) is 10.9 Å². The Kier molecular flexibility index (Phi) is 8.08. The van der Waals surface area contributed by atoms with Gasteiger partial charge in [0.05, 0.1) is 0 Å². The van der Waals surface area contributed by atoms with Gasteiger partial charge in [-0.2, -0.15) is 11.8 Å². The molecule has 7 heteroatoms. The van der Waals surface area contributed by atoms with Crippen molar-refractivity contribution in [2.75, 3.05) is 6.26 Å². The Morgan fingerprint density at radius 1 is 1.07 bits per heavy atom. The van der Waals surface area contributed by atoms with Crippen LogP contribution in [-0.2, 0) is 10.5 Å². The highest BCUT2D eigenvalue weighted by Gasteiger charge is 2.24. The number of thioether (sulfide) groups is 1. The van der Waals surface area contributed by atoms with Crippen molar-refractivity contribution in [1.82, 2.24) is 10.8 Å². The second-order valence-corrected chi connectivity index (χ2v) is 7.11. The Bertz CT molecular complexity index is 869. The molecule has 2 rings (SSSR count). The van der Waals surface area contributed by atoms with Gasteiger partial charge in [0, 0.05) is 28.5 Å². The molecule has 0 radical (unpaired) electrons. The average molecular weight is 398 g/mol. The van der Waals surface area contributed by atoms with E-state index in [0.29, 0.717) is 5.56 Å². The van der Waals surface area contributed by atoms with Gasteiger partial charge < -0.3 is 11.1 Å². The molecule has 0 saturated carbocycles. The van der Waals surface area contributed by atoms with Gasteiger partial charge >= 0.3 is 0 Å². The van der Waals surface area contributed by atoms with E-state index in [2.05, 4.69) is 35.5 Å². The molecule has 0 fully saturated rings. The summed E-state index contributed by atoms with van der Waals surface area (Å²) in [6.07, 6.45) is 2.07. The van der Waals surface area contributed by atoms with Crippen molar-refractivity contribution in [2.24, 2.45) is 5.73 Å². The molecule has 5 N–H and O–H groups in total. The number of rotatable bonds is 6. The molecule has 2 amide bonds. The maximum absolute atomic E-state index is 12.3. The van der Waals surface area contributed by atoms with Crippen molar-refractivity contribution in [1.29, 1.82) is 0 Å². The normalized spacial score (nSPS) is 12.3. The first-order valence-corrected chi connectivity index (χ1v) is 10.0. The minimum Gasteiger partial charge on any atom is -0.339 e. The summed E-state index contributed by atoms with van der Waals surface area (Å²) in [7, 11) is 0. The highest BCUT2D eigenvalue weighted by Crippen LogP contribution is 2.10. The summed E-state index contributed by atoms with van der Waals surface area (Å²) < 4.78 is 0. The Labute approximate surface area is 168 Å². The number of hydrogen-bond acceptors (Lipinski definition) is 5. The fourth-order valence-electron chi connectivity index (χ4n) is 2.43. The topological polar surface area (TPSA) is 104 Å². The lowest BCUT2D eigenvalue weighted by molar-refractivity contribution is -0.131. The number of hydroxylamine groups is 1. The lowest BCUT2D eigenvalue weighted by atomic mass is 10.1. The molecule has 0 heterocycles. The Balaban J connectivity index is 2.05. The van der Waals surface area contributed by atoms with Gasteiger partial charge in [0.25, 0.3) is 11.8 Å². The van der Waals surface area contributed by atoms with Crippen LogP contribution < -0.4 is 16.5 Å². The van der Waals surface area contributed by atoms with Gasteiger partial charge in [0.2, 0.25) is 0 Å². The van der Waals surface area contributed by atoms with Crippen molar-refractivity contribution in [2.45, 2.75) is 24.8 Å². The molecule has 28 heavy (non-hydrogen) atoms. The maximum atomic E-state index is 12.3. The molecule has 0 bridgehead atoms. The largest absolute Gasteiger partial charge is 0.339 e. The quantitative estimate of drug-likeness (QED) is 0.339. The van der Waals surface area contributed by atoms with Crippen LogP contribution >= 0.6 is 11.8 Å². The van der Waals surface area contributed by atoms with Crippen LogP contribution in [0.2, 0.25) is 0 Å². The summed E-state index contributed by atoms with van der Waals surface area (Å²) in [5.41, 5.74) is 10.5. The summed E-state index contributed by atoms with van der Waals surface area (Å²) >= 11 is 1.77. The summed E-state index contributed by atoms with van der Waals surface area (Å²) in [5.74, 6) is 5.90. The third-order valence-electron chi connectivity index (χ3n) is 3.97. The van der Waals surface area contributed by atoms with Gasteiger partial charge in [-0.15, -0.1) is 0 Å². The standard InChI is InChI=1S/C21H23N3O3S/c1-14(22)19(21(26)24-27)23-20(25)18-11-9-16(10-12-18)4-3-15-5-7-17(8-6-15)13-28-2/h5-12,14,19,27H,13,22H2,1-2H3,(H,23,25)(H,24,26). The number of carbonyl (C=O) groups excluding carboxylic acids is 2. The molecule has 6 nitrogen and oxygen atoms in total. The van der Waals surface area contributed by atoms with Crippen LogP contribution in [-0.4, -0.2) is 35.4 Å². The van der Waals surface area contributed by atoms with Crippen LogP contribution in [0.25, 0.3) is 0 Å². The van der Waals surface area contributed by atoms with E-state index in [9.17, 15) is 9.59 Å². The second-order valence-electron chi connectivity index (χ2n) is 6.24. The fraction of sp³-hybridized carbons (Fsp3) is 0.238. The summed E-state index contributed by atoms with van der Waals surface area (Å²) in [6, 6.07) is 13.1. The Morgan fingerprint density at radius 2 is 1.61 bits per heavy atom. The molecule has 0 spiro atoms. The molecule has 0 saturated heterocycles. The van der Waals surface area contributed by atoms with Gasteiger partial charge in [-0.05, 0) is 55.1 Å². The van der Waals surface area contributed by atoms with E-state index in [1.165, 1.54) is 11.0 Å². The van der Waals surface area contributed by atoms with E-state index in [0.717, 1.165) is 16.9 Å². The minimum absolute atomic E-state index is 0.364. The smallest absolute Gasteiger partial charge is 0.267 e. The molecular formula is C21H23N3O3S. The predicted octanol–water partition coefficient (Wildman–Crippen LogP) is 1.90. The highest BCUT2D eigenvalue weighted by molar-refractivity contribution is 7.97. The van der Waals surface area contributed by atoms with Crippen molar-refractivity contribution in [3.05, 3.63) is 70.8 Å². The molecule has 0 aromatic heterocycles. The third-order valence-corrected chi connectivity index (χ3v) is 4.59. The maximum Gasteiger partial charge on any atom is 0.267 e. The Hall–Kier alpha value is -2.79. The lowest BCUT2D eigenvalue weighted by Gasteiger charge is -2.20. The van der Waals surface area contributed by atoms with E-state index in [1.807, 2.05) is 12.1 Å². The molecule has 2 aromatic rings. The summed E-state index contributed by atoms with van der Waals surface area (Å²) in [4.78, 5) is 23.9. The minimum atomic E-state index is -1.04. The highest BCUT2D eigenvalue weighted by atomic mass is 32.2. The zero-order valence-electron chi connectivity index (χ0n) is 15.7. The molecule has 2 atom stereocenters. The van der Waals surface area contributed by atoms with Crippen LogP contribution in [0.4, 0.5) is 0 Å². The average Bonchev–Trinajstić information content (AvgIpc) is 2.71. The Morgan fingerprint density at radius 3 is 2.07 bits per heavy atom. The van der Waals surface area contributed by atoms with Gasteiger partial charge in [-0.1, -0.05) is 24.0 Å². The number of nitrogens with two attached hydrogens (primary N) is 1. The SMILES string of the molecule is CSCc1ccc(C#Cc2ccc(C(=O)NC(C(=O)NO)C(C)N)cc2)cc1. The molecule has 0 aliphatic rings. The van der Waals surface area contributed by atoms with Crippen molar-refractivity contribution in [3.8, 4) is 11.8 Å². The molecular weight excluding hydrogens is 374 g/mol. The molecule has 146 valence electrons. The molecule has 2 aromatic carbocycles. The fourth-order valence-corrected chi connectivity index (χ4v) is 2.96. The van der Waals surface area contributed by atoms with Gasteiger partial charge in [-0.25, -0.2) is 5.48 Å². The van der Waals surface area contributed by atoms with Crippen molar-refractivity contribution in [3.63, 3.8) is 0 Å². The number of benzene rings is 2. The van der Waals surface area contributed by atoms with Gasteiger partial charge in [0.1, 0.15) is 6.04 Å². The van der Waals surface area contributed by atoms with E-state index in [-0.39, 0.29) is 0 Å². The number of amides is 2. The first-order valence-electron chi connectivity index (χ1n) is 8.65. The number of hydrogen-bond donors (Lipinski definition) is 4. The number of nitrogens with one attached hydrogen (secondary N) is 2. The van der Waals surface area contributed by atoms with Crippen LogP contribution in [0.3, 0.4) is 0 Å². The van der Waals surface area contributed by atoms with Crippen LogP contribution in [0.1, 0.15) is 34.0 Å². The van der Waals surface area contributed by atoms with Gasteiger partial charge in [-0.3, -0.25) is 14.8 Å². The molecule has 0 aliphatic carbocycles. The third kappa shape index (κ3) is 6.13. The van der Waals surface area contributed by atoms with Crippen molar-refractivity contribution >= 4 is 23.6 Å². The van der Waals surface area contributed by atoms with Crippen molar-refractivity contribution < 1.29 is 14.8 Å². The van der Waals surface area contributed by atoms with Crippen LogP contribution in [0.5, 0.6) is 0 Å². The van der Waals surface area contributed by atoms with Crippen LogP contribution in [0, 0.1) is 11.8 Å². The van der Waals surface area contributed by atoms with E-state index < -0.39 is 23.9 Å². The zero-order valence-corrected chi connectivity index (χ0v) is 16.5. The predicted molar refractivity (Wildman–Crippen MR) is 111 cm³/mol. The molecule has 2 unspecified atom stereocenters.